The van der Waals surface area contributed by atoms with Crippen LogP contribution >= 0.6 is 0 Å². The standard InChI is InChI=1S/C16H18N2O2/c17-11-14-5-7-15(8-6-14)20-12-16(19)18-10-9-13-3-1-2-4-13/h3,5-8H,1-2,4,9-10,12H2,(H,18,19). The molecule has 1 amide bonds. The molecule has 20 heavy (non-hydrogen) atoms. The third kappa shape index (κ3) is 4.43. The lowest BCUT2D eigenvalue weighted by Crippen LogP contribution is -2.29. The molecule has 0 saturated heterocycles. The molecule has 4 heteroatoms. The first-order valence-electron chi connectivity index (χ1n) is 6.85. The number of nitriles is 1. The molecule has 0 atom stereocenters. The minimum Gasteiger partial charge on any atom is -0.484 e. The first kappa shape index (κ1) is 14.1. The van der Waals surface area contributed by atoms with Gasteiger partial charge in [-0.25, -0.2) is 0 Å². The number of carbonyl (C=O) groups excluding carboxylic acids is 1. The molecule has 104 valence electrons. The third-order valence-electron chi connectivity index (χ3n) is 3.26. The van der Waals surface area contributed by atoms with Crippen LogP contribution in [0.3, 0.4) is 0 Å². The molecule has 0 heterocycles. The summed E-state index contributed by atoms with van der Waals surface area (Å²) in [7, 11) is 0. The molecular weight excluding hydrogens is 252 g/mol. The van der Waals surface area contributed by atoms with Crippen LogP contribution in [0, 0.1) is 11.3 Å². The van der Waals surface area contributed by atoms with E-state index in [1.54, 1.807) is 24.3 Å². The minimum atomic E-state index is -0.118. The molecule has 0 unspecified atom stereocenters. The van der Waals surface area contributed by atoms with Gasteiger partial charge in [-0.3, -0.25) is 4.79 Å². The zero-order valence-electron chi connectivity index (χ0n) is 11.4. The zero-order chi connectivity index (χ0) is 14.2. The zero-order valence-corrected chi connectivity index (χ0v) is 11.4. The van der Waals surface area contributed by atoms with Crippen molar-refractivity contribution in [2.24, 2.45) is 0 Å². The number of allylic oxidation sites excluding steroid dienone is 1. The summed E-state index contributed by atoms with van der Waals surface area (Å²) in [5.74, 6) is 0.477. The van der Waals surface area contributed by atoms with Gasteiger partial charge in [0.1, 0.15) is 5.75 Å². The first-order valence-corrected chi connectivity index (χ1v) is 6.85. The van der Waals surface area contributed by atoms with E-state index in [-0.39, 0.29) is 12.5 Å². The fourth-order valence-electron chi connectivity index (χ4n) is 2.15. The van der Waals surface area contributed by atoms with Gasteiger partial charge in [-0.05, 0) is 49.9 Å². The van der Waals surface area contributed by atoms with Gasteiger partial charge < -0.3 is 10.1 Å². The van der Waals surface area contributed by atoms with Gasteiger partial charge in [-0.2, -0.15) is 5.26 Å². The summed E-state index contributed by atoms with van der Waals surface area (Å²) in [6, 6.07) is 8.75. The van der Waals surface area contributed by atoms with E-state index in [4.69, 9.17) is 10.00 Å². The third-order valence-corrected chi connectivity index (χ3v) is 3.26. The van der Waals surface area contributed by atoms with Gasteiger partial charge >= 0.3 is 0 Å². The second-order valence-corrected chi connectivity index (χ2v) is 4.78. The Kier molecular flexibility index (Phi) is 5.19. The van der Waals surface area contributed by atoms with E-state index in [1.165, 1.54) is 18.4 Å². The Morgan fingerprint density at radius 1 is 1.35 bits per heavy atom. The summed E-state index contributed by atoms with van der Waals surface area (Å²) in [5.41, 5.74) is 2.02. The Hall–Kier alpha value is -2.28. The van der Waals surface area contributed by atoms with E-state index >= 15 is 0 Å². The predicted molar refractivity (Wildman–Crippen MR) is 76.2 cm³/mol. The van der Waals surface area contributed by atoms with Crippen molar-refractivity contribution in [2.75, 3.05) is 13.2 Å². The monoisotopic (exact) mass is 270 g/mol. The number of hydrogen-bond acceptors (Lipinski definition) is 3. The van der Waals surface area contributed by atoms with Crippen LogP contribution in [0.1, 0.15) is 31.2 Å². The molecule has 1 aliphatic carbocycles. The lowest BCUT2D eigenvalue weighted by Gasteiger charge is -2.08. The highest BCUT2D eigenvalue weighted by molar-refractivity contribution is 5.77. The van der Waals surface area contributed by atoms with Gasteiger partial charge in [0.2, 0.25) is 0 Å². The van der Waals surface area contributed by atoms with Crippen LogP contribution in [-0.2, 0) is 4.79 Å². The second-order valence-electron chi connectivity index (χ2n) is 4.78. The number of amides is 1. The number of carbonyl (C=O) groups is 1. The van der Waals surface area contributed by atoms with Gasteiger partial charge in [0.25, 0.3) is 5.91 Å². The summed E-state index contributed by atoms with van der Waals surface area (Å²) in [4.78, 5) is 11.6. The van der Waals surface area contributed by atoms with E-state index in [0.29, 0.717) is 17.9 Å². The van der Waals surface area contributed by atoms with E-state index in [0.717, 1.165) is 12.8 Å². The largest absolute Gasteiger partial charge is 0.484 e. The van der Waals surface area contributed by atoms with Gasteiger partial charge in [-0.1, -0.05) is 11.6 Å². The molecule has 0 bridgehead atoms. The van der Waals surface area contributed by atoms with Crippen molar-refractivity contribution >= 4 is 5.91 Å². The average molecular weight is 270 g/mol. The van der Waals surface area contributed by atoms with Crippen molar-refractivity contribution in [3.05, 3.63) is 41.5 Å². The number of nitrogens with zero attached hydrogens (tertiary/aromatic N) is 1. The number of benzene rings is 1. The van der Waals surface area contributed by atoms with E-state index in [1.807, 2.05) is 6.07 Å². The fourth-order valence-corrected chi connectivity index (χ4v) is 2.15. The van der Waals surface area contributed by atoms with Gasteiger partial charge in [0.05, 0.1) is 11.6 Å². The van der Waals surface area contributed by atoms with Gasteiger partial charge in [0, 0.05) is 6.54 Å². The number of rotatable bonds is 6. The first-order chi connectivity index (χ1) is 9.78. The molecule has 4 nitrogen and oxygen atoms in total. The average Bonchev–Trinajstić information content (AvgIpc) is 2.99. The topological polar surface area (TPSA) is 62.1 Å². The fraction of sp³-hybridized carbons (Fsp3) is 0.375. The molecule has 1 N–H and O–H groups in total. The molecule has 0 fully saturated rings. The quantitative estimate of drug-likeness (QED) is 0.808. The summed E-state index contributed by atoms with van der Waals surface area (Å²) < 4.78 is 5.35. The van der Waals surface area contributed by atoms with Crippen LogP contribution in [0.4, 0.5) is 0 Å². The Labute approximate surface area is 119 Å². The molecule has 0 spiro atoms. The van der Waals surface area contributed by atoms with Crippen molar-refractivity contribution in [3.8, 4) is 11.8 Å². The maximum atomic E-state index is 11.6. The number of nitrogens with one attached hydrogen (secondary N) is 1. The molecule has 2 rings (SSSR count). The van der Waals surface area contributed by atoms with Crippen molar-refractivity contribution in [1.82, 2.24) is 5.32 Å². The molecule has 0 aromatic heterocycles. The minimum absolute atomic E-state index is 0.00491. The summed E-state index contributed by atoms with van der Waals surface area (Å²) in [6.45, 7) is 0.673. The Balaban J connectivity index is 1.65. The molecule has 1 aromatic rings. The van der Waals surface area contributed by atoms with Crippen LogP contribution in [0.5, 0.6) is 5.75 Å². The SMILES string of the molecule is N#Cc1ccc(OCC(=O)NCCC2=CCCC2)cc1. The molecule has 0 aliphatic heterocycles. The maximum absolute atomic E-state index is 11.6. The molecule has 0 radical (unpaired) electrons. The highest BCUT2D eigenvalue weighted by atomic mass is 16.5. The van der Waals surface area contributed by atoms with Crippen molar-refractivity contribution in [1.29, 1.82) is 5.26 Å². The Morgan fingerprint density at radius 3 is 2.80 bits per heavy atom. The lowest BCUT2D eigenvalue weighted by atomic mass is 10.2. The molecule has 0 saturated carbocycles. The van der Waals surface area contributed by atoms with Crippen LogP contribution in [-0.4, -0.2) is 19.1 Å². The summed E-state index contributed by atoms with van der Waals surface area (Å²) in [6.07, 6.45) is 6.77. The summed E-state index contributed by atoms with van der Waals surface area (Å²) in [5, 5.41) is 11.5. The molecule has 1 aliphatic rings. The van der Waals surface area contributed by atoms with Crippen molar-refractivity contribution in [2.45, 2.75) is 25.7 Å². The van der Waals surface area contributed by atoms with Crippen LogP contribution in [0.15, 0.2) is 35.9 Å². The van der Waals surface area contributed by atoms with Crippen molar-refractivity contribution < 1.29 is 9.53 Å². The van der Waals surface area contributed by atoms with E-state index in [2.05, 4.69) is 11.4 Å². The number of hydrogen-bond donors (Lipinski definition) is 1. The maximum Gasteiger partial charge on any atom is 0.257 e. The smallest absolute Gasteiger partial charge is 0.257 e. The normalized spacial score (nSPS) is 13.4. The van der Waals surface area contributed by atoms with Gasteiger partial charge in [0.15, 0.2) is 6.61 Å². The van der Waals surface area contributed by atoms with Crippen molar-refractivity contribution in [3.63, 3.8) is 0 Å². The molecule has 1 aromatic carbocycles. The van der Waals surface area contributed by atoms with Crippen LogP contribution < -0.4 is 10.1 Å². The highest BCUT2D eigenvalue weighted by Gasteiger charge is 2.06. The number of ether oxygens (including phenoxy) is 1. The molecular formula is C16H18N2O2. The second kappa shape index (κ2) is 7.34. The Bertz CT molecular complexity index is 526. The van der Waals surface area contributed by atoms with E-state index in [9.17, 15) is 4.79 Å². The van der Waals surface area contributed by atoms with Crippen LogP contribution in [0.25, 0.3) is 0 Å². The van der Waals surface area contributed by atoms with E-state index < -0.39 is 0 Å². The van der Waals surface area contributed by atoms with Crippen LogP contribution in [0.2, 0.25) is 0 Å². The Morgan fingerprint density at radius 2 is 2.15 bits per heavy atom. The lowest BCUT2D eigenvalue weighted by molar-refractivity contribution is -0.123. The predicted octanol–water partition coefficient (Wildman–Crippen LogP) is 2.55. The van der Waals surface area contributed by atoms with Gasteiger partial charge in [-0.15, -0.1) is 0 Å². The highest BCUT2D eigenvalue weighted by Crippen LogP contribution is 2.19. The summed E-state index contributed by atoms with van der Waals surface area (Å²) >= 11 is 0.